The van der Waals surface area contributed by atoms with Gasteiger partial charge in [0.05, 0.1) is 0 Å². The maximum Gasteiger partial charge on any atom is 0.436 e. The van der Waals surface area contributed by atoms with Crippen LogP contribution in [-0.2, 0) is 11.0 Å². The average Bonchev–Trinajstić information content (AvgIpc) is 2.32. The molecule has 0 saturated carbocycles. The zero-order valence-corrected chi connectivity index (χ0v) is 4.97. The number of halogens is 3. The van der Waals surface area contributed by atoms with Gasteiger partial charge in [-0.3, -0.25) is 4.79 Å². The minimum atomic E-state index is -4.57. The summed E-state index contributed by atoms with van der Waals surface area (Å²) in [6.07, 6.45) is -3.12. The summed E-state index contributed by atoms with van der Waals surface area (Å²) in [5.41, 5.74) is -1.23. The van der Waals surface area contributed by atoms with Crippen molar-refractivity contribution in [2.75, 3.05) is 0 Å². The van der Waals surface area contributed by atoms with Gasteiger partial charge in [-0.2, -0.15) is 13.2 Å². The standard InChI is InChI=1S/C5HF3NO2/c6-5(7,8)3-2-11-4(1-10)9-3/h2H. The molecule has 1 heterocycles. The second-order valence-electron chi connectivity index (χ2n) is 1.64. The summed E-state index contributed by atoms with van der Waals surface area (Å²) in [6, 6.07) is 0. The van der Waals surface area contributed by atoms with Crippen LogP contribution in [0.15, 0.2) is 10.7 Å². The van der Waals surface area contributed by atoms with Crippen molar-refractivity contribution in [1.29, 1.82) is 0 Å². The van der Waals surface area contributed by atoms with Crippen molar-refractivity contribution < 1.29 is 22.4 Å². The molecule has 0 amide bonds. The lowest BCUT2D eigenvalue weighted by atomic mass is 10.5. The first-order chi connectivity index (χ1) is 5.04. The van der Waals surface area contributed by atoms with E-state index in [-0.39, 0.29) is 0 Å². The molecular weight excluding hydrogens is 163 g/mol. The summed E-state index contributed by atoms with van der Waals surface area (Å²) in [4.78, 5) is 12.5. The maximum absolute atomic E-state index is 11.7. The topological polar surface area (TPSA) is 43.1 Å². The van der Waals surface area contributed by atoms with Crippen LogP contribution in [0.25, 0.3) is 0 Å². The smallest absolute Gasteiger partial charge is 0.436 e. The van der Waals surface area contributed by atoms with E-state index in [9.17, 15) is 18.0 Å². The van der Waals surface area contributed by atoms with Gasteiger partial charge in [-0.05, 0) is 0 Å². The number of nitrogens with zero attached hydrogens (tertiary/aromatic N) is 1. The van der Waals surface area contributed by atoms with Crippen molar-refractivity contribution in [2.24, 2.45) is 0 Å². The fourth-order valence-corrected chi connectivity index (χ4v) is 0.451. The van der Waals surface area contributed by atoms with E-state index in [1.165, 1.54) is 0 Å². The number of aromatic nitrogens is 1. The fraction of sp³-hybridized carbons (Fsp3) is 0.200. The van der Waals surface area contributed by atoms with Gasteiger partial charge >= 0.3 is 6.18 Å². The first kappa shape index (κ1) is 7.77. The van der Waals surface area contributed by atoms with E-state index >= 15 is 0 Å². The highest BCUT2D eigenvalue weighted by Gasteiger charge is 2.34. The highest BCUT2D eigenvalue weighted by molar-refractivity contribution is 5.67. The van der Waals surface area contributed by atoms with E-state index < -0.39 is 17.8 Å². The van der Waals surface area contributed by atoms with Gasteiger partial charge in [-0.25, -0.2) is 4.98 Å². The Balaban J connectivity index is 2.98. The summed E-state index contributed by atoms with van der Waals surface area (Å²) in [6.45, 7) is 0. The summed E-state index contributed by atoms with van der Waals surface area (Å²) in [7, 11) is 0. The Kier molecular flexibility index (Phi) is 1.67. The molecule has 1 rings (SSSR count). The van der Waals surface area contributed by atoms with Crippen molar-refractivity contribution in [3.63, 3.8) is 0 Å². The number of hydrogen-bond acceptors (Lipinski definition) is 3. The zero-order valence-electron chi connectivity index (χ0n) is 4.97. The number of alkyl halides is 3. The third kappa shape index (κ3) is 1.57. The lowest BCUT2D eigenvalue weighted by Gasteiger charge is -1.97. The molecule has 59 valence electrons. The molecule has 0 aliphatic carbocycles. The highest BCUT2D eigenvalue weighted by atomic mass is 19.4. The summed E-state index contributed by atoms with van der Waals surface area (Å²) >= 11 is 0. The molecule has 0 spiro atoms. The highest BCUT2D eigenvalue weighted by Crippen LogP contribution is 2.27. The van der Waals surface area contributed by atoms with Gasteiger partial charge in [0.25, 0.3) is 12.2 Å². The molecule has 0 unspecified atom stereocenters. The monoisotopic (exact) mass is 164 g/mol. The Morgan fingerprint density at radius 1 is 1.55 bits per heavy atom. The molecule has 0 aliphatic heterocycles. The van der Waals surface area contributed by atoms with Crippen molar-refractivity contribution in [2.45, 2.75) is 6.18 Å². The Hall–Kier alpha value is -1.33. The number of oxazole rings is 1. The van der Waals surface area contributed by atoms with Crippen LogP contribution in [0.2, 0.25) is 0 Å². The minimum absolute atomic E-state index is 0.361. The van der Waals surface area contributed by atoms with E-state index in [2.05, 4.69) is 9.40 Å². The SMILES string of the molecule is O=[C]c1nc(C(F)(F)F)co1. The molecular formula is C5HF3NO2. The van der Waals surface area contributed by atoms with Crippen LogP contribution in [0.1, 0.15) is 11.6 Å². The quantitative estimate of drug-likeness (QED) is 0.625. The van der Waals surface area contributed by atoms with E-state index in [4.69, 9.17) is 0 Å². The van der Waals surface area contributed by atoms with Gasteiger partial charge in [0.1, 0.15) is 6.26 Å². The Bertz CT molecular complexity index is 265. The molecule has 0 fully saturated rings. The van der Waals surface area contributed by atoms with Crippen molar-refractivity contribution in [3.05, 3.63) is 17.8 Å². The van der Waals surface area contributed by atoms with Crippen LogP contribution in [0.3, 0.4) is 0 Å². The number of rotatable bonds is 1. The molecule has 0 aliphatic rings. The predicted octanol–water partition coefficient (Wildman–Crippen LogP) is 1.15. The summed E-state index contributed by atoms with van der Waals surface area (Å²) < 4.78 is 39.1. The zero-order chi connectivity index (χ0) is 8.48. The number of carbonyl (C=O) groups excluding carboxylic acids is 1. The van der Waals surface area contributed by atoms with Gasteiger partial charge < -0.3 is 4.42 Å². The van der Waals surface area contributed by atoms with Crippen LogP contribution >= 0.6 is 0 Å². The van der Waals surface area contributed by atoms with E-state index in [1.54, 1.807) is 0 Å². The summed E-state index contributed by atoms with van der Waals surface area (Å²) in [5.74, 6) is -0.697. The molecule has 1 radical (unpaired) electrons. The molecule has 1 aromatic heterocycles. The molecule has 6 heteroatoms. The van der Waals surface area contributed by atoms with Crippen LogP contribution in [0.4, 0.5) is 13.2 Å². The van der Waals surface area contributed by atoms with E-state index in [1.807, 2.05) is 0 Å². The second-order valence-corrected chi connectivity index (χ2v) is 1.64. The van der Waals surface area contributed by atoms with Gasteiger partial charge in [-0.1, -0.05) is 0 Å². The fourth-order valence-electron chi connectivity index (χ4n) is 0.451. The normalized spacial score (nSPS) is 11.5. The van der Waals surface area contributed by atoms with E-state index in [0.29, 0.717) is 6.26 Å². The maximum atomic E-state index is 11.7. The van der Waals surface area contributed by atoms with Gasteiger partial charge in [-0.15, -0.1) is 0 Å². The Morgan fingerprint density at radius 3 is 2.45 bits per heavy atom. The third-order valence-electron chi connectivity index (χ3n) is 0.882. The molecule has 0 saturated heterocycles. The average molecular weight is 164 g/mol. The molecule has 11 heavy (non-hydrogen) atoms. The molecule has 0 bridgehead atoms. The molecule has 0 atom stereocenters. The predicted molar refractivity (Wildman–Crippen MR) is 26.3 cm³/mol. The van der Waals surface area contributed by atoms with Crippen LogP contribution < -0.4 is 0 Å². The molecule has 0 aromatic carbocycles. The minimum Gasteiger partial charge on any atom is -0.441 e. The Labute approximate surface area is 58.8 Å². The molecule has 0 N–H and O–H groups in total. The van der Waals surface area contributed by atoms with Crippen LogP contribution in [0.5, 0.6) is 0 Å². The largest absolute Gasteiger partial charge is 0.441 e. The van der Waals surface area contributed by atoms with Crippen molar-refractivity contribution in [3.8, 4) is 0 Å². The van der Waals surface area contributed by atoms with Crippen molar-refractivity contribution in [1.82, 2.24) is 4.98 Å². The first-order valence-corrected chi connectivity index (χ1v) is 2.45. The van der Waals surface area contributed by atoms with Crippen LogP contribution in [-0.4, -0.2) is 11.3 Å². The third-order valence-corrected chi connectivity index (χ3v) is 0.882. The van der Waals surface area contributed by atoms with Crippen molar-refractivity contribution >= 4 is 6.29 Å². The molecule has 1 aromatic rings. The Morgan fingerprint density at radius 2 is 2.18 bits per heavy atom. The van der Waals surface area contributed by atoms with E-state index in [0.717, 1.165) is 6.29 Å². The number of hydrogen-bond donors (Lipinski definition) is 0. The lowest BCUT2D eigenvalue weighted by Crippen LogP contribution is -2.05. The van der Waals surface area contributed by atoms with Crippen LogP contribution in [0, 0.1) is 0 Å². The van der Waals surface area contributed by atoms with Gasteiger partial charge in [0, 0.05) is 0 Å². The second kappa shape index (κ2) is 2.37. The first-order valence-electron chi connectivity index (χ1n) is 2.45. The molecule has 3 nitrogen and oxygen atoms in total. The lowest BCUT2D eigenvalue weighted by molar-refractivity contribution is -0.141. The van der Waals surface area contributed by atoms with Gasteiger partial charge in [0.15, 0.2) is 5.69 Å². The summed E-state index contributed by atoms with van der Waals surface area (Å²) in [5, 5.41) is 0. The van der Waals surface area contributed by atoms with Gasteiger partial charge in [0.2, 0.25) is 0 Å².